The minimum absolute atomic E-state index is 0.0585. The number of aromatic nitrogens is 2. The number of rotatable bonds is 7. The van der Waals surface area contributed by atoms with Crippen molar-refractivity contribution in [1.29, 1.82) is 0 Å². The van der Waals surface area contributed by atoms with Crippen LogP contribution in [0.2, 0.25) is 0 Å². The Labute approximate surface area is 213 Å². The third kappa shape index (κ3) is 5.45. The number of halogens is 3. The van der Waals surface area contributed by atoms with Gasteiger partial charge in [-0.15, -0.1) is 0 Å². The zero-order valence-corrected chi connectivity index (χ0v) is 21.8. The van der Waals surface area contributed by atoms with Gasteiger partial charge in [0.25, 0.3) is 5.56 Å². The fraction of sp³-hybridized carbons (Fsp3) is 0.192. The van der Waals surface area contributed by atoms with Gasteiger partial charge in [-0.2, -0.15) is 9.78 Å². The summed E-state index contributed by atoms with van der Waals surface area (Å²) in [4.78, 5) is 18.0. The molecule has 0 aliphatic carbocycles. The van der Waals surface area contributed by atoms with Crippen LogP contribution in [0.5, 0.6) is 5.75 Å². The van der Waals surface area contributed by atoms with Gasteiger partial charge in [-0.25, -0.2) is 9.37 Å². The summed E-state index contributed by atoms with van der Waals surface area (Å²) in [6, 6.07) is 17.3. The molecular formula is C26H22Br2FN3O2. The summed E-state index contributed by atoms with van der Waals surface area (Å²) >= 11 is 6.94. The van der Waals surface area contributed by atoms with E-state index >= 15 is 0 Å². The van der Waals surface area contributed by atoms with E-state index < -0.39 is 0 Å². The van der Waals surface area contributed by atoms with E-state index in [1.807, 2.05) is 31.2 Å². The SMILES string of the molecule is CC[C@@H](C)c1nc2ccc(Br)cc2c(=O)n1N=Cc1ccc(OCc2cccc(F)c2)c(Br)c1. The molecule has 0 saturated heterocycles. The van der Waals surface area contributed by atoms with Crippen molar-refractivity contribution in [3.8, 4) is 5.75 Å². The summed E-state index contributed by atoms with van der Waals surface area (Å²) < 4.78 is 22.1. The van der Waals surface area contributed by atoms with E-state index in [4.69, 9.17) is 9.72 Å². The molecule has 0 amide bonds. The molecule has 1 aromatic heterocycles. The molecule has 4 rings (SSSR count). The second-order valence-corrected chi connectivity index (χ2v) is 9.68. The number of fused-ring (bicyclic) bond motifs is 1. The third-order valence-electron chi connectivity index (χ3n) is 5.45. The van der Waals surface area contributed by atoms with E-state index in [-0.39, 0.29) is 23.9 Å². The van der Waals surface area contributed by atoms with Gasteiger partial charge in [0.05, 0.1) is 21.6 Å². The molecule has 0 aliphatic rings. The number of ether oxygens (including phenoxy) is 1. The van der Waals surface area contributed by atoms with Crippen LogP contribution in [0.25, 0.3) is 10.9 Å². The van der Waals surface area contributed by atoms with Crippen molar-refractivity contribution in [2.24, 2.45) is 5.10 Å². The summed E-state index contributed by atoms with van der Waals surface area (Å²) in [5, 5.41) is 5.00. The standard InChI is InChI=1S/C26H22Br2FN3O2/c1-3-16(2)25-31-23-9-8-19(27)13-21(23)26(33)32(25)30-14-17-7-10-24(22(28)12-17)34-15-18-5-4-6-20(29)11-18/h4-14,16H,3,15H2,1-2H3/t16-/m1/s1. The molecule has 4 aromatic rings. The largest absolute Gasteiger partial charge is 0.488 e. The van der Waals surface area contributed by atoms with Gasteiger partial charge in [-0.1, -0.05) is 41.9 Å². The van der Waals surface area contributed by atoms with E-state index in [0.717, 1.165) is 26.5 Å². The van der Waals surface area contributed by atoms with Crippen molar-refractivity contribution in [2.75, 3.05) is 0 Å². The molecule has 8 heteroatoms. The first kappa shape index (κ1) is 24.3. The normalized spacial score (nSPS) is 12.4. The predicted octanol–water partition coefficient (Wildman–Crippen LogP) is 7.04. The molecule has 5 nitrogen and oxygen atoms in total. The van der Waals surface area contributed by atoms with Crippen LogP contribution in [0.4, 0.5) is 4.39 Å². The lowest BCUT2D eigenvalue weighted by atomic mass is 10.1. The van der Waals surface area contributed by atoms with E-state index in [9.17, 15) is 9.18 Å². The van der Waals surface area contributed by atoms with Crippen LogP contribution in [0.3, 0.4) is 0 Å². The van der Waals surface area contributed by atoms with Crippen molar-refractivity contribution in [1.82, 2.24) is 9.66 Å². The highest BCUT2D eigenvalue weighted by molar-refractivity contribution is 9.10. The summed E-state index contributed by atoms with van der Waals surface area (Å²) in [6.45, 7) is 4.33. The highest BCUT2D eigenvalue weighted by atomic mass is 79.9. The second-order valence-electron chi connectivity index (χ2n) is 7.91. The smallest absolute Gasteiger partial charge is 0.282 e. The number of benzene rings is 3. The average molecular weight is 587 g/mol. The summed E-state index contributed by atoms with van der Waals surface area (Å²) in [5.41, 5.74) is 1.95. The van der Waals surface area contributed by atoms with Crippen LogP contribution in [0.1, 0.15) is 43.1 Å². The Morgan fingerprint density at radius 1 is 1.15 bits per heavy atom. The van der Waals surface area contributed by atoms with Gasteiger partial charge in [0.1, 0.15) is 24.0 Å². The molecular weight excluding hydrogens is 565 g/mol. The van der Waals surface area contributed by atoms with Crippen LogP contribution in [-0.4, -0.2) is 15.9 Å². The highest BCUT2D eigenvalue weighted by Gasteiger charge is 2.15. The molecule has 0 N–H and O–H groups in total. The maximum absolute atomic E-state index is 13.4. The predicted molar refractivity (Wildman–Crippen MR) is 140 cm³/mol. The molecule has 0 bridgehead atoms. The Morgan fingerprint density at radius 3 is 2.71 bits per heavy atom. The van der Waals surface area contributed by atoms with Crippen molar-refractivity contribution in [2.45, 2.75) is 32.8 Å². The highest BCUT2D eigenvalue weighted by Crippen LogP contribution is 2.27. The zero-order chi connectivity index (χ0) is 24.2. The fourth-order valence-corrected chi connectivity index (χ4v) is 4.28. The van der Waals surface area contributed by atoms with Crippen LogP contribution in [0, 0.1) is 5.82 Å². The fourth-order valence-electron chi connectivity index (χ4n) is 3.41. The molecule has 0 unspecified atom stereocenters. The minimum Gasteiger partial charge on any atom is -0.488 e. The molecule has 34 heavy (non-hydrogen) atoms. The Balaban J connectivity index is 1.62. The van der Waals surface area contributed by atoms with Gasteiger partial charge in [-0.05, 0) is 82.0 Å². The average Bonchev–Trinajstić information content (AvgIpc) is 2.82. The van der Waals surface area contributed by atoms with E-state index in [1.54, 1.807) is 30.5 Å². The molecule has 0 aliphatic heterocycles. The number of hydrogen-bond donors (Lipinski definition) is 0. The zero-order valence-electron chi connectivity index (χ0n) is 18.6. The first-order valence-corrected chi connectivity index (χ1v) is 12.4. The first-order valence-electron chi connectivity index (χ1n) is 10.8. The Hall–Kier alpha value is -2.84. The molecule has 0 radical (unpaired) electrons. The van der Waals surface area contributed by atoms with E-state index in [1.165, 1.54) is 16.8 Å². The van der Waals surface area contributed by atoms with Gasteiger partial charge >= 0.3 is 0 Å². The monoisotopic (exact) mass is 585 g/mol. The maximum Gasteiger partial charge on any atom is 0.282 e. The van der Waals surface area contributed by atoms with Crippen molar-refractivity contribution in [3.05, 3.63) is 103 Å². The lowest BCUT2D eigenvalue weighted by molar-refractivity contribution is 0.303. The van der Waals surface area contributed by atoms with Crippen LogP contribution in [-0.2, 0) is 6.61 Å². The molecule has 3 aromatic carbocycles. The first-order chi connectivity index (χ1) is 16.4. The van der Waals surface area contributed by atoms with E-state index in [0.29, 0.717) is 22.5 Å². The molecule has 174 valence electrons. The van der Waals surface area contributed by atoms with Gasteiger partial charge in [0, 0.05) is 10.4 Å². The topological polar surface area (TPSA) is 56.5 Å². The van der Waals surface area contributed by atoms with Gasteiger partial charge in [0.15, 0.2) is 0 Å². The summed E-state index contributed by atoms with van der Waals surface area (Å²) in [5.74, 6) is 1.00. The van der Waals surface area contributed by atoms with Gasteiger partial charge in [-0.3, -0.25) is 4.79 Å². The minimum atomic E-state index is -0.297. The van der Waals surface area contributed by atoms with Crippen molar-refractivity contribution < 1.29 is 9.13 Å². The van der Waals surface area contributed by atoms with Crippen LogP contribution in [0.15, 0.2) is 79.5 Å². The van der Waals surface area contributed by atoms with Crippen LogP contribution >= 0.6 is 31.9 Å². The Kier molecular flexibility index (Phi) is 7.58. The molecule has 0 fully saturated rings. The Morgan fingerprint density at radius 2 is 1.97 bits per heavy atom. The lowest BCUT2D eigenvalue weighted by Gasteiger charge is -2.14. The third-order valence-corrected chi connectivity index (χ3v) is 6.56. The quantitative estimate of drug-likeness (QED) is 0.218. The molecule has 0 spiro atoms. The van der Waals surface area contributed by atoms with Gasteiger partial charge in [0.2, 0.25) is 0 Å². The molecule has 1 atom stereocenters. The van der Waals surface area contributed by atoms with Crippen molar-refractivity contribution >= 4 is 49.0 Å². The molecule has 1 heterocycles. The maximum atomic E-state index is 13.4. The summed E-state index contributed by atoms with van der Waals surface area (Å²) in [7, 11) is 0. The molecule has 0 saturated carbocycles. The van der Waals surface area contributed by atoms with E-state index in [2.05, 4.69) is 43.9 Å². The second kappa shape index (κ2) is 10.6. The van der Waals surface area contributed by atoms with Crippen LogP contribution < -0.4 is 10.3 Å². The van der Waals surface area contributed by atoms with Gasteiger partial charge < -0.3 is 4.74 Å². The Bertz CT molecular complexity index is 1440. The van der Waals surface area contributed by atoms with Crippen molar-refractivity contribution in [3.63, 3.8) is 0 Å². The number of hydrogen-bond acceptors (Lipinski definition) is 4. The number of nitrogens with zero attached hydrogens (tertiary/aromatic N) is 3. The summed E-state index contributed by atoms with van der Waals surface area (Å²) in [6.07, 6.45) is 2.45. The lowest BCUT2D eigenvalue weighted by Crippen LogP contribution is -2.23.